The van der Waals surface area contributed by atoms with Gasteiger partial charge in [-0.1, -0.05) is 0 Å². The molecule has 22 heavy (non-hydrogen) atoms. The minimum Gasteiger partial charge on any atom is -0.508 e. The fourth-order valence-electron chi connectivity index (χ4n) is 2.25. The largest absolute Gasteiger partial charge is 0.508 e. The summed E-state index contributed by atoms with van der Waals surface area (Å²) >= 11 is 0. The van der Waals surface area contributed by atoms with Crippen molar-refractivity contribution in [2.75, 3.05) is 14.2 Å². The molecular weight excluding hydrogens is 288 g/mol. The fourth-order valence-corrected chi connectivity index (χ4v) is 2.25. The number of ketones is 1. The molecule has 0 fully saturated rings. The molecule has 2 aromatic carbocycles. The predicted octanol–water partition coefficient (Wildman–Crippen LogP) is 2.36. The zero-order valence-electron chi connectivity index (χ0n) is 12.4. The summed E-state index contributed by atoms with van der Waals surface area (Å²) < 4.78 is 10.0. The van der Waals surface area contributed by atoms with E-state index in [1.807, 2.05) is 0 Å². The number of carbonyl (C=O) groups excluding carboxylic acids is 1. The first-order chi connectivity index (χ1) is 10.4. The molecule has 0 radical (unpaired) electrons. The van der Waals surface area contributed by atoms with Crippen LogP contribution < -0.4 is 9.47 Å². The van der Waals surface area contributed by atoms with Crippen molar-refractivity contribution in [3.63, 3.8) is 0 Å². The van der Waals surface area contributed by atoms with Gasteiger partial charge in [-0.15, -0.1) is 0 Å². The van der Waals surface area contributed by atoms with Crippen LogP contribution in [-0.4, -0.2) is 35.3 Å². The molecule has 0 saturated heterocycles. The topological polar surface area (TPSA) is 96.2 Å². The van der Waals surface area contributed by atoms with Crippen molar-refractivity contribution < 1.29 is 29.6 Å². The first kappa shape index (κ1) is 15.5. The van der Waals surface area contributed by atoms with Gasteiger partial charge < -0.3 is 24.8 Å². The van der Waals surface area contributed by atoms with Gasteiger partial charge in [-0.3, -0.25) is 4.79 Å². The van der Waals surface area contributed by atoms with E-state index in [2.05, 4.69) is 0 Å². The summed E-state index contributed by atoms with van der Waals surface area (Å²) in [6, 6.07) is 5.15. The molecule has 0 amide bonds. The molecule has 0 unspecified atom stereocenters. The van der Waals surface area contributed by atoms with Gasteiger partial charge in [-0.2, -0.15) is 0 Å². The van der Waals surface area contributed by atoms with Gasteiger partial charge in [0.1, 0.15) is 34.3 Å². The van der Waals surface area contributed by atoms with Gasteiger partial charge in [-0.25, -0.2) is 0 Å². The fraction of sp³-hybridized carbons (Fsp3) is 0.188. The van der Waals surface area contributed by atoms with E-state index < -0.39 is 17.3 Å². The Labute approximate surface area is 127 Å². The monoisotopic (exact) mass is 304 g/mol. The highest BCUT2D eigenvalue weighted by Gasteiger charge is 2.24. The number of phenols is 3. The number of hydrogen-bond donors (Lipinski definition) is 3. The number of rotatable bonds is 4. The van der Waals surface area contributed by atoms with Gasteiger partial charge in [0.15, 0.2) is 0 Å². The molecule has 2 rings (SSSR count). The van der Waals surface area contributed by atoms with Crippen LogP contribution in [0.4, 0.5) is 0 Å². The number of ether oxygens (including phenoxy) is 2. The molecule has 0 aliphatic heterocycles. The number of benzene rings is 2. The lowest BCUT2D eigenvalue weighted by atomic mass is 9.96. The third kappa shape index (κ3) is 2.63. The van der Waals surface area contributed by atoms with Gasteiger partial charge in [0, 0.05) is 18.2 Å². The highest BCUT2D eigenvalue weighted by atomic mass is 16.5. The molecule has 0 aliphatic carbocycles. The van der Waals surface area contributed by atoms with E-state index in [9.17, 15) is 20.1 Å². The van der Waals surface area contributed by atoms with Crippen LogP contribution in [0.2, 0.25) is 0 Å². The van der Waals surface area contributed by atoms with Crippen LogP contribution in [0.15, 0.2) is 24.3 Å². The van der Waals surface area contributed by atoms with Crippen LogP contribution in [0.25, 0.3) is 0 Å². The number of carbonyl (C=O) groups is 1. The summed E-state index contributed by atoms with van der Waals surface area (Å²) in [5, 5.41) is 29.6. The van der Waals surface area contributed by atoms with Crippen molar-refractivity contribution in [3.05, 3.63) is 41.0 Å². The molecule has 6 nitrogen and oxygen atoms in total. The van der Waals surface area contributed by atoms with E-state index >= 15 is 0 Å². The summed E-state index contributed by atoms with van der Waals surface area (Å²) in [5.41, 5.74) is 0.348. The first-order valence-corrected chi connectivity index (χ1v) is 6.41. The molecule has 0 spiro atoms. The van der Waals surface area contributed by atoms with E-state index in [-0.39, 0.29) is 28.4 Å². The predicted molar refractivity (Wildman–Crippen MR) is 79.2 cm³/mol. The van der Waals surface area contributed by atoms with Gasteiger partial charge in [0.2, 0.25) is 5.78 Å². The molecule has 0 saturated carbocycles. The molecule has 3 N–H and O–H groups in total. The molecular formula is C16H16O6. The van der Waals surface area contributed by atoms with Crippen LogP contribution in [0.1, 0.15) is 21.5 Å². The van der Waals surface area contributed by atoms with Crippen LogP contribution in [0.5, 0.6) is 28.7 Å². The van der Waals surface area contributed by atoms with Crippen molar-refractivity contribution >= 4 is 5.78 Å². The third-order valence-electron chi connectivity index (χ3n) is 3.26. The average Bonchev–Trinajstić information content (AvgIpc) is 2.45. The molecule has 0 bridgehead atoms. The van der Waals surface area contributed by atoms with Crippen LogP contribution in [0.3, 0.4) is 0 Å². The van der Waals surface area contributed by atoms with Gasteiger partial charge in [-0.05, 0) is 18.6 Å². The average molecular weight is 304 g/mol. The number of aryl methyl sites for hydroxylation is 1. The maximum atomic E-state index is 12.7. The Morgan fingerprint density at radius 3 is 2.00 bits per heavy atom. The van der Waals surface area contributed by atoms with Gasteiger partial charge >= 0.3 is 0 Å². The standard InChI is InChI=1S/C16H16O6/c1-8-4-9(17)5-13(22-3)14(8)16(20)15-11(18)6-10(21-2)7-12(15)19/h4-7,17-19H,1-3H3. The van der Waals surface area contributed by atoms with Crippen LogP contribution in [0, 0.1) is 6.92 Å². The molecule has 0 aliphatic rings. The third-order valence-corrected chi connectivity index (χ3v) is 3.26. The smallest absolute Gasteiger partial charge is 0.204 e. The Bertz CT molecular complexity index is 713. The lowest BCUT2D eigenvalue weighted by Gasteiger charge is -2.14. The zero-order valence-corrected chi connectivity index (χ0v) is 12.4. The number of aromatic hydroxyl groups is 3. The maximum Gasteiger partial charge on any atom is 0.204 e. The Hall–Kier alpha value is -2.89. The summed E-state index contributed by atoms with van der Waals surface area (Å²) in [6.45, 7) is 1.62. The van der Waals surface area contributed by atoms with E-state index in [1.165, 1.54) is 38.5 Å². The Morgan fingerprint density at radius 2 is 1.50 bits per heavy atom. The van der Waals surface area contributed by atoms with Crippen molar-refractivity contribution in [2.24, 2.45) is 0 Å². The maximum absolute atomic E-state index is 12.7. The summed E-state index contributed by atoms with van der Waals surface area (Å²) in [4.78, 5) is 12.7. The second-order valence-corrected chi connectivity index (χ2v) is 4.71. The lowest BCUT2D eigenvalue weighted by molar-refractivity contribution is 0.103. The zero-order chi connectivity index (χ0) is 16.4. The quantitative estimate of drug-likeness (QED) is 0.750. The van der Waals surface area contributed by atoms with Crippen LogP contribution in [-0.2, 0) is 0 Å². The summed E-state index contributed by atoms with van der Waals surface area (Å²) in [7, 11) is 2.74. The highest BCUT2D eigenvalue weighted by Crippen LogP contribution is 2.37. The first-order valence-electron chi connectivity index (χ1n) is 6.41. The van der Waals surface area contributed by atoms with Crippen molar-refractivity contribution in [3.8, 4) is 28.7 Å². The van der Waals surface area contributed by atoms with Crippen molar-refractivity contribution in [1.29, 1.82) is 0 Å². The highest BCUT2D eigenvalue weighted by molar-refractivity contribution is 6.15. The van der Waals surface area contributed by atoms with E-state index in [1.54, 1.807) is 6.92 Å². The molecule has 0 atom stereocenters. The lowest BCUT2D eigenvalue weighted by Crippen LogP contribution is -2.07. The van der Waals surface area contributed by atoms with E-state index in [4.69, 9.17) is 9.47 Å². The summed E-state index contributed by atoms with van der Waals surface area (Å²) in [6.07, 6.45) is 0. The van der Waals surface area contributed by atoms with E-state index in [0.29, 0.717) is 5.56 Å². The normalized spacial score (nSPS) is 10.3. The van der Waals surface area contributed by atoms with Gasteiger partial charge in [0.25, 0.3) is 0 Å². The second-order valence-electron chi connectivity index (χ2n) is 4.71. The number of methoxy groups -OCH3 is 2. The Kier molecular flexibility index (Phi) is 4.12. The Balaban J connectivity index is 2.63. The number of phenolic OH excluding ortho intramolecular Hbond substituents is 3. The Morgan fingerprint density at radius 1 is 0.909 bits per heavy atom. The van der Waals surface area contributed by atoms with Crippen molar-refractivity contribution in [1.82, 2.24) is 0 Å². The SMILES string of the molecule is COc1cc(O)c(C(=O)c2c(C)cc(O)cc2OC)c(O)c1. The van der Waals surface area contributed by atoms with Crippen LogP contribution >= 0.6 is 0 Å². The minimum absolute atomic E-state index is 0.0472. The number of hydrogen-bond acceptors (Lipinski definition) is 6. The summed E-state index contributed by atoms with van der Waals surface area (Å²) in [5.74, 6) is -1.10. The molecule has 116 valence electrons. The molecule has 6 heteroatoms. The minimum atomic E-state index is -0.619. The molecule has 0 heterocycles. The van der Waals surface area contributed by atoms with E-state index in [0.717, 1.165) is 0 Å². The van der Waals surface area contributed by atoms with Gasteiger partial charge in [0.05, 0.1) is 19.8 Å². The molecule has 2 aromatic rings. The van der Waals surface area contributed by atoms with Crippen molar-refractivity contribution in [2.45, 2.75) is 6.92 Å². The second kappa shape index (κ2) is 5.85. The molecule has 0 aromatic heterocycles.